The summed E-state index contributed by atoms with van der Waals surface area (Å²) in [6.45, 7) is 6.67. The molecule has 1 aromatic rings. The first-order chi connectivity index (χ1) is 11.2. The molecule has 0 aliphatic carbocycles. The Hall–Kier alpha value is -2.01. The zero-order chi connectivity index (χ0) is 16.2. The number of allylic oxidation sites excluding steroid dienone is 1. The van der Waals surface area contributed by atoms with Crippen LogP contribution in [0, 0.1) is 0 Å². The number of piperidine rings is 1. The zero-order valence-corrected chi connectivity index (χ0v) is 13.9. The summed E-state index contributed by atoms with van der Waals surface area (Å²) in [5.74, 6) is 1.70. The van der Waals surface area contributed by atoms with E-state index < -0.39 is 0 Å². The van der Waals surface area contributed by atoms with Crippen LogP contribution >= 0.6 is 0 Å². The van der Waals surface area contributed by atoms with Gasteiger partial charge >= 0.3 is 0 Å². The lowest BCUT2D eigenvalue weighted by molar-refractivity contribution is 0.163. The maximum Gasteiger partial charge on any atom is 0.231 e. The molecule has 5 heteroatoms. The number of rotatable bonds is 4. The van der Waals surface area contributed by atoms with Gasteiger partial charge in [-0.2, -0.15) is 0 Å². The van der Waals surface area contributed by atoms with Crippen LogP contribution in [0.3, 0.4) is 0 Å². The number of nitrogens with zero attached hydrogens (tertiary/aromatic N) is 2. The third-order valence-electron chi connectivity index (χ3n) is 4.68. The summed E-state index contributed by atoms with van der Waals surface area (Å²) in [6, 6.07) is 7.03. The summed E-state index contributed by atoms with van der Waals surface area (Å²) in [5, 5.41) is 0. The van der Waals surface area contributed by atoms with Gasteiger partial charge in [-0.15, -0.1) is 0 Å². The highest BCUT2D eigenvalue weighted by Gasteiger charge is 2.24. The van der Waals surface area contributed by atoms with E-state index >= 15 is 0 Å². The van der Waals surface area contributed by atoms with Crippen molar-refractivity contribution in [3.8, 4) is 11.5 Å². The van der Waals surface area contributed by atoms with Crippen molar-refractivity contribution in [3.63, 3.8) is 0 Å². The van der Waals surface area contributed by atoms with Crippen molar-refractivity contribution in [2.24, 2.45) is 10.7 Å². The number of fused-ring (bicyclic) bond motifs is 1. The third kappa shape index (κ3) is 3.67. The topological polar surface area (TPSA) is 60.1 Å². The minimum atomic E-state index is 0.327. The smallest absolute Gasteiger partial charge is 0.231 e. The van der Waals surface area contributed by atoms with E-state index in [1.165, 1.54) is 5.56 Å². The molecule has 0 radical (unpaired) electrons. The van der Waals surface area contributed by atoms with Gasteiger partial charge in [-0.25, -0.2) is 0 Å². The normalized spacial score (nSPS) is 21.0. The van der Waals surface area contributed by atoms with E-state index in [-0.39, 0.29) is 0 Å². The third-order valence-corrected chi connectivity index (χ3v) is 4.68. The summed E-state index contributed by atoms with van der Waals surface area (Å²) in [5.41, 5.74) is 7.76. The lowest BCUT2D eigenvalue weighted by Gasteiger charge is -2.35. The second-order valence-electron chi connectivity index (χ2n) is 6.24. The molecule has 0 bridgehead atoms. The zero-order valence-electron chi connectivity index (χ0n) is 13.9. The summed E-state index contributed by atoms with van der Waals surface area (Å²) in [4.78, 5) is 7.14. The van der Waals surface area contributed by atoms with Crippen molar-refractivity contribution >= 4 is 6.21 Å². The first kappa shape index (κ1) is 15.9. The molecule has 1 unspecified atom stereocenters. The fraction of sp³-hybridized carbons (Fsp3) is 0.500. The van der Waals surface area contributed by atoms with Crippen LogP contribution in [-0.2, 0) is 0 Å². The van der Waals surface area contributed by atoms with Gasteiger partial charge in [0.2, 0.25) is 6.79 Å². The van der Waals surface area contributed by atoms with Crippen LogP contribution in [0.4, 0.5) is 0 Å². The first-order valence-electron chi connectivity index (χ1n) is 8.22. The maximum absolute atomic E-state index is 5.48. The van der Waals surface area contributed by atoms with Crippen molar-refractivity contribution in [2.45, 2.75) is 38.8 Å². The van der Waals surface area contributed by atoms with Crippen LogP contribution in [0.25, 0.3) is 0 Å². The van der Waals surface area contributed by atoms with Crippen LogP contribution < -0.4 is 15.2 Å². The van der Waals surface area contributed by atoms with E-state index in [9.17, 15) is 0 Å². The molecule has 1 atom stereocenters. The second kappa shape index (κ2) is 7.04. The van der Waals surface area contributed by atoms with Gasteiger partial charge in [0.05, 0.1) is 6.04 Å². The monoisotopic (exact) mass is 315 g/mol. The lowest BCUT2D eigenvalue weighted by Crippen LogP contribution is -2.37. The lowest BCUT2D eigenvalue weighted by atomic mass is 10.00. The van der Waals surface area contributed by atoms with Crippen molar-refractivity contribution in [3.05, 3.63) is 35.5 Å². The predicted molar refractivity (Wildman–Crippen MR) is 92.0 cm³/mol. The molecular formula is C18H25N3O2. The van der Waals surface area contributed by atoms with Gasteiger partial charge in [-0.05, 0) is 56.2 Å². The quantitative estimate of drug-likeness (QED) is 0.868. The van der Waals surface area contributed by atoms with Crippen LogP contribution in [0.5, 0.6) is 11.5 Å². The van der Waals surface area contributed by atoms with Crippen LogP contribution in [0.15, 0.2) is 35.0 Å². The Bertz CT molecular complexity index is 604. The molecule has 0 saturated carbocycles. The molecule has 3 rings (SSSR count). The summed E-state index contributed by atoms with van der Waals surface area (Å²) in [7, 11) is 0. The molecule has 124 valence electrons. The van der Waals surface area contributed by atoms with E-state index in [4.69, 9.17) is 15.2 Å². The van der Waals surface area contributed by atoms with E-state index in [1.807, 2.05) is 19.2 Å². The van der Waals surface area contributed by atoms with Crippen molar-refractivity contribution in [2.75, 3.05) is 19.9 Å². The molecule has 2 aliphatic rings. The van der Waals surface area contributed by atoms with E-state index in [1.54, 1.807) is 6.20 Å². The highest BCUT2D eigenvalue weighted by Crippen LogP contribution is 2.36. The van der Waals surface area contributed by atoms with Gasteiger partial charge in [0.25, 0.3) is 0 Å². The first-order valence-corrected chi connectivity index (χ1v) is 8.22. The van der Waals surface area contributed by atoms with Gasteiger partial charge in [0.15, 0.2) is 11.5 Å². The molecular weight excluding hydrogens is 290 g/mol. The molecule has 5 nitrogen and oxygen atoms in total. The molecule has 1 aromatic carbocycles. The fourth-order valence-corrected chi connectivity index (χ4v) is 3.07. The number of benzene rings is 1. The molecule has 2 aliphatic heterocycles. The Balaban J connectivity index is 1.58. The average molecular weight is 315 g/mol. The van der Waals surface area contributed by atoms with Gasteiger partial charge in [0, 0.05) is 25.3 Å². The summed E-state index contributed by atoms with van der Waals surface area (Å²) < 4.78 is 10.9. The van der Waals surface area contributed by atoms with E-state index in [2.05, 4.69) is 28.9 Å². The van der Waals surface area contributed by atoms with Crippen LogP contribution in [0.1, 0.15) is 38.3 Å². The molecule has 0 spiro atoms. The highest BCUT2D eigenvalue weighted by atomic mass is 16.7. The number of ether oxygens (including phenoxy) is 2. The minimum Gasteiger partial charge on any atom is -0.454 e. The maximum atomic E-state index is 5.48. The van der Waals surface area contributed by atoms with Gasteiger partial charge in [0.1, 0.15) is 0 Å². The average Bonchev–Trinajstić information content (AvgIpc) is 3.07. The van der Waals surface area contributed by atoms with Crippen LogP contribution in [-0.4, -0.2) is 37.0 Å². The Labute approximate surface area is 137 Å². The van der Waals surface area contributed by atoms with Gasteiger partial charge in [-0.1, -0.05) is 6.07 Å². The van der Waals surface area contributed by atoms with Gasteiger partial charge in [-0.3, -0.25) is 9.89 Å². The van der Waals surface area contributed by atoms with Gasteiger partial charge < -0.3 is 15.2 Å². The summed E-state index contributed by atoms with van der Waals surface area (Å²) >= 11 is 0. The Morgan fingerprint density at radius 1 is 1.30 bits per heavy atom. The molecule has 1 saturated heterocycles. The molecule has 0 aromatic heterocycles. The molecule has 2 N–H and O–H groups in total. The Kier molecular flexibility index (Phi) is 4.86. The second-order valence-corrected chi connectivity index (χ2v) is 6.24. The van der Waals surface area contributed by atoms with Crippen LogP contribution in [0.2, 0.25) is 0 Å². The number of hydrogen-bond donors (Lipinski definition) is 1. The van der Waals surface area contributed by atoms with Crippen molar-refractivity contribution in [1.29, 1.82) is 0 Å². The number of aliphatic imine (C=N–C) groups is 1. The van der Waals surface area contributed by atoms with E-state index in [0.29, 0.717) is 18.9 Å². The Morgan fingerprint density at radius 2 is 2.04 bits per heavy atom. The number of hydrogen-bond acceptors (Lipinski definition) is 5. The molecule has 1 fully saturated rings. The molecule has 23 heavy (non-hydrogen) atoms. The van der Waals surface area contributed by atoms with Crippen molar-refractivity contribution in [1.82, 2.24) is 4.90 Å². The van der Waals surface area contributed by atoms with E-state index in [0.717, 1.165) is 43.0 Å². The number of likely N-dealkylation sites (tertiary alicyclic amines) is 1. The fourth-order valence-electron chi connectivity index (χ4n) is 3.07. The SMILES string of the molecule is CC(C=NC1CCN(C(C)c2ccc3c(c2)OCO3)CC1)=CN. The minimum absolute atomic E-state index is 0.327. The largest absolute Gasteiger partial charge is 0.454 e. The number of nitrogens with two attached hydrogens (primary N) is 1. The molecule has 2 heterocycles. The molecule has 0 amide bonds. The summed E-state index contributed by atoms with van der Waals surface area (Å²) in [6.07, 6.45) is 5.66. The predicted octanol–water partition coefficient (Wildman–Crippen LogP) is 2.87. The Morgan fingerprint density at radius 3 is 2.78 bits per heavy atom. The highest BCUT2D eigenvalue weighted by molar-refractivity contribution is 5.77. The van der Waals surface area contributed by atoms with Crippen molar-refractivity contribution < 1.29 is 9.47 Å². The standard InChI is InChI=1S/C18H25N3O2/c1-13(10-19)11-20-16-5-7-21(8-6-16)14(2)15-3-4-17-18(9-15)23-12-22-17/h3-4,9-11,14,16H,5-8,12,19H2,1-2H3.